The molecule has 0 saturated heterocycles. The van der Waals surface area contributed by atoms with Gasteiger partial charge in [0.2, 0.25) is 0 Å². The molecule has 0 saturated carbocycles. The van der Waals surface area contributed by atoms with Crippen LogP contribution < -0.4 is 10.2 Å². The van der Waals surface area contributed by atoms with Crippen molar-refractivity contribution in [3.63, 3.8) is 0 Å². The van der Waals surface area contributed by atoms with E-state index in [1.807, 2.05) is 57.2 Å². The molecule has 152 valence electrons. The van der Waals surface area contributed by atoms with Gasteiger partial charge in [-0.05, 0) is 42.5 Å². The molecule has 1 atom stereocenters. The van der Waals surface area contributed by atoms with Gasteiger partial charge in [0.1, 0.15) is 6.04 Å². The maximum absolute atomic E-state index is 12.6. The molecule has 2 aromatic rings. The number of benzene rings is 2. The normalized spacial score (nSPS) is 13.7. The Kier molecular flexibility index (Phi) is 6.32. The van der Waals surface area contributed by atoms with Gasteiger partial charge in [0.25, 0.3) is 11.8 Å². The van der Waals surface area contributed by atoms with E-state index in [1.54, 1.807) is 17.0 Å². The Bertz CT molecular complexity index is 923. The van der Waals surface area contributed by atoms with Gasteiger partial charge < -0.3 is 15.0 Å². The minimum atomic E-state index is -0.833. The number of esters is 1. The van der Waals surface area contributed by atoms with Crippen LogP contribution in [0.15, 0.2) is 48.5 Å². The molecule has 1 heterocycles. The van der Waals surface area contributed by atoms with E-state index in [0.29, 0.717) is 12.1 Å². The number of ether oxygens (including phenoxy) is 1. The molecule has 29 heavy (non-hydrogen) atoms. The van der Waals surface area contributed by atoms with Gasteiger partial charge in [0.05, 0.1) is 0 Å². The number of rotatable bonds is 6. The predicted molar refractivity (Wildman–Crippen MR) is 111 cm³/mol. The summed E-state index contributed by atoms with van der Waals surface area (Å²) < 4.78 is 5.28. The SMILES string of the molecule is Cc1ccccc1C(=O)N[C@H](C(=O)OCC(=O)N1CCc2ccccc21)C(C)C. The van der Waals surface area contributed by atoms with E-state index in [0.717, 1.165) is 23.2 Å². The molecule has 1 aliphatic heterocycles. The Balaban J connectivity index is 1.61. The Morgan fingerprint density at radius 3 is 2.48 bits per heavy atom. The summed E-state index contributed by atoms with van der Waals surface area (Å²) >= 11 is 0. The van der Waals surface area contributed by atoms with Crippen molar-refractivity contribution in [3.05, 3.63) is 65.2 Å². The highest BCUT2D eigenvalue weighted by Gasteiger charge is 2.29. The van der Waals surface area contributed by atoms with Crippen molar-refractivity contribution < 1.29 is 19.1 Å². The molecule has 0 bridgehead atoms. The third-order valence-corrected chi connectivity index (χ3v) is 5.12. The molecular formula is C23H26N2O4. The summed E-state index contributed by atoms with van der Waals surface area (Å²) in [5, 5.41) is 2.74. The monoisotopic (exact) mass is 394 g/mol. The van der Waals surface area contributed by atoms with Crippen molar-refractivity contribution in [2.75, 3.05) is 18.1 Å². The summed E-state index contributed by atoms with van der Waals surface area (Å²) in [4.78, 5) is 39.4. The minimum absolute atomic E-state index is 0.182. The molecule has 1 aliphatic rings. The average molecular weight is 394 g/mol. The van der Waals surface area contributed by atoms with E-state index in [9.17, 15) is 14.4 Å². The summed E-state index contributed by atoms with van der Waals surface area (Å²) in [6.45, 7) is 5.71. The molecule has 6 nitrogen and oxygen atoms in total. The minimum Gasteiger partial charge on any atom is -0.454 e. The van der Waals surface area contributed by atoms with E-state index in [4.69, 9.17) is 4.74 Å². The first-order chi connectivity index (χ1) is 13.9. The molecule has 6 heteroatoms. The number of amides is 2. The zero-order valence-electron chi connectivity index (χ0n) is 17.0. The van der Waals surface area contributed by atoms with Crippen molar-refractivity contribution in [1.82, 2.24) is 5.32 Å². The van der Waals surface area contributed by atoms with Crippen LogP contribution in [0.25, 0.3) is 0 Å². The van der Waals surface area contributed by atoms with Gasteiger partial charge in [0.15, 0.2) is 6.61 Å². The Labute approximate surface area is 170 Å². The first-order valence-electron chi connectivity index (χ1n) is 9.80. The van der Waals surface area contributed by atoms with Crippen LogP contribution in [0.1, 0.15) is 35.3 Å². The smallest absolute Gasteiger partial charge is 0.329 e. The molecule has 0 aromatic heterocycles. The first-order valence-corrected chi connectivity index (χ1v) is 9.80. The lowest BCUT2D eigenvalue weighted by molar-refractivity contribution is -0.150. The molecule has 0 aliphatic carbocycles. The van der Waals surface area contributed by atoms with Crippen LogP contribution in [-0.4, -0.2) is 37.0 Å². The van der Waals surface area contributed by atoms with Gasteiger partial charge in [-0.3, -0.25) is 9.59 Å². The van der Waals surface area contributed by atoms with Crippen molar-refractivity contribution in [1.29, 1.82) is 0 Å². The van der Waals surface area contributed by atoms with Gasteiger partial charge in [-0.25, -0.2) is 4.79 Å². The summed E-state index contributed by atoms with van der Waals surface area (Å²) in [5.74, 6) is -1.39. The fourth-order valence-electron chi connectivity index (χ4n) is 3.44. The number of carbonyl (C=O) groups excluding carboxylic acids is 3. The second kappa shape index (κ2) is 8.90. The number of carbonyl (C=O) groups is 3. The molecule has 0 spiro atoms. The van der Waals surface area contributed by atoms with Gasteiger partial charge in [-0.1, -0.05) is 50.2 Å². The van der Waals surface area contributed by atoms with Crippen molar-refractivity contribution in [3.8, 4) is 0 Å². The second-order valence-electron chi connectivity index (χ2n) is 7.54. The number of fused-ring (bicyclic) bond motifs is 1. The lowest BCUT2D eigenvalue weighted by Crippen LogP contribution is -2.46. The highest BCUT2D eigenvalue weighted by atomic mass is 16.5. The lowest BCUT2D eigenvalue weighted by Gasteiger charge is -2.22. The molecule has 3 rings (SSSR count). The summed E-state index contributed by atoms with van der Waals surface area (Å²) in [7, 11) is 0. The first kappa shape index (κ1) is 20.6. The Hall–Kier alpha value is -3.15. The molecule has 0 unspecified atom stereocenters. The molecule has 2 aromatic carbocycles. The molecular weight excluding hydrogens is 368 g/mol. The van der Waals surface area contributed by atoms with Crippen LogP contribution in [0.4, 0.5) is 5.69 Å². The highest BCUT2D eigenvalue weighted by molar-refractivity contribution is 5.99. The van der Waals surface area contributed by atoms with Crippen molar-refractivity contribution in [2.45, 2.75) is 33.2 Å². The summed E-state index contributed by atoms with van der Waals surface area (Å²) in [5.41, 5.74) is 3.30. The number of nitrogens with one attached hydrogen (secondary N) is 1. The quantitative estimate of drug-likeness (QED) is 0.765. The van der Waals surface area contributed by atoms with Crippen LogP contribution in [0.3, 0.4) is 0 Å². The molecule has 2 amide bonds. The van der Waals surface area contributed by atoms with Gasteiger partial charge in [-0.15, -0.1) is 0 Å². The van der Waals surface area contributed by atoms with E-state index < -0.39 is 12.0 Å². The second-order valence-corrected chi connectivity index (χ2v) is 7.54. The maximum Gasteiger partial charge on any atom is 0.329 e. The third kappa shape index (κ3) is 4.65. The Morgan fingerprint density at radius 2 is 1.76 bits per heavy atom. The van der Waals surface area contributed by atoms with E-state index in [1.165, 1.54) is 0 Å². The maximum atomic E-state index is 12.6. The van der Waals surface area contributed by atoms with Crippen LogP contribution >= 0.6 is 0 Å². The van der Waals surface area contributed by atoms with Crippen LogP contribution in [0.2, 0.25) is 0 Å². The summed E-state index contributed by atoms with van der Waals surface area (Å²) in [6, 6.07) is 14.0. The van der Waals surface area contributed by atoms with Crippen LogP contribution in [0.5, 0.6) is 0 Å². The number of nitrogens with zero attached hydrogens (tertiary/aromatic N) is 1. The fourth-order valence-corrected chi connectivity index (χ4v) is 3.44. The third-order valence-electron chi connectivity index (χ3n) is 5.12. The van der Waals surface area contributed by atoms with E-state index in [-0.39, 0.29) is 24.3 Å². The molecule has 1 N–H and O–H groups in total. The molecule has 0 fully saturated rings. The van der Waals surface area contributed by atoms with Crippen LogP contribution in [-0.2, 0) is 20.7 Å². The average Bonchev–Trinajstić information content (AvgIpc) is 3.14. The number of hydrogen-bond donors (Lipinski definition) is 1. The predicted octanol–water partition coefficient (Wildman–Crippen LogP) is 2.88. The summed E-state index contributed by atoms with van der Waals surface area (Å²) in [6.07, 6.45) is 0.789. The zero-order chi connectivity index (χ0) is 21.0. The van der Waals surface area contributed by atoms with E-state index >= 15 is 0 Å². The topological polar surface area (TPSA) is 75.7 Å². The van der Waals surface area contributed by atoms with E-state index in [2.05, 4.69) is 5.32 Å². The van der Waals surface area contributed by atoms with Crippen LogP contribution in [0, 0.1) is 12.8 Å². The fraction of sp³-hybridized carbons (Fsp3) is 0.348. The van der Waals surface area contributed by atoms with Gasteiger partial charge in [0, 0.05) is 17.8 Å². The molecule has 0 radical (unpaired) electrons. The van der Waals surface area contributed by atoms with Crippen molar-refractivity contribution >= 4 is 23.5 Å². The number of para-hydroxylation sites is 1. The number of aryl methyl sites for hydroxylation is 1. The number of hydrogen-bond acceptors (Lipinski definition) is 4. The van der Waals surface area contributed by atoms with Crippen molar-refractivity contribution in [2.24, 2.45) is 5.92 Å². The lowest BCUT2D eigenvalue weighted by atomic mass is 10.0. The van der Waals surface area contributed by atoms with Gasteiger partial charge >= 0.3 is 5.97 Å². The highest BCUT2D eigenvalue weighted by Crippen LogP contribution is 2.27. The van der Waals surface area contributed by atoms with Gasteiger partial charge in [-0.2, -0.15) is 0 Å². The Morgan fingerprint density at radius 1 is 1.07 bits per heavy atom. The number of anilines is 1. The standard InChI is InChI=1S/C23H26N2O4/c1-15(2)21(24-22(27)18-10-6-4-8-16(18)3)23(28)29-14-20(26)25-13-12-17-9-5-7-11-19(17)25/h4-11,15,21H,12-14H2,1-3H3,(H,24,27)/t21-/m0/s1. The zero-order valence-corrected chi connectivity index (χ0v) is 17.0. The largest absolute Gasteiger partial charge is 0.454 e.